The van der Waals surface area contributed by atoms with Crippen molar-refractivity contribution in [3.8, 4) is 11.5 Å². The van der Waals surface area contributed by atoms with Crippen LogP contribution in [0.1, 0.15) is 37.7 Å². The first-order valence-corrected chi connectivity index (χ1v) is 8.97. The lowest BCUT2D eigenvalue weighted by Crippen LogP contribution is -2.54. The summed E-state index contributed by atoms with van der Waals surface area (Å²) in [5.41, 5.74) is 0.333. The Morgan fingerprint density at radius 3 is 2.80 bits per heavy atom. The summed E-state index contributed by atoms with van der Waals surface area (Å²) in [5, 5.41) is 10.7. The van der Waals surface area contributed by atoms with E-state index in [1.54, 1.807) is 26.4 Å². The zero-order valence-electron chi connectivity index (χ0n) is 15.0. The molecule has 1 N–H and O–H groups in total. The Hall–Kier alpha value is -2.01. The minimum Gasteiger partial charge on any atom is -0.493 e. The lowest BCUT2D eigenvalue weighted by atomic mass is 9.71. The van der Waals surface area contributed by atoms with Gasteiger partial charge < -0.3 is 19.5 Å². The second-order valence-electron chi connectivity index (χ2n) is 7.03. The number of methoxy groups -OCH3 is 2. The molecule has 1 aliphatic carbocycles. The van der Waals surface area contributed by atoms with Crippen LogP contribution in [0.25, 0.3) is 6.08 Å². The molecule has 1 aliphatic heterocycles. The van der Waals surface area contributed by atoms with Gasteiger partial charge in [-0.05, 0) is 43.0 Å². The molecular formula is C20H27NO4. The van der Waals surface area contributed by atoms with Gasteiger partial charge in [-0.1, -0.05) is 18.9 Å². The molecular weight excluding hydrogens is 318 g/mol. The summed E-state index contributed by atoms with van der Waals surface area (Å²) >= 11 is 0. The van der Waals surface area contributed by atoms with Crippen molar-refractivity contribution in [3.05, 3.63) is 29.8 Å². The minimum absolute atomic E-state index is 0.00223. The largest absolute Gasteiger partial charge is 0.493 e. The van der Waals surface area contributed by atoms with Crippen LogP contribution in [0.3, 0.4) is 0 Å². The number of carbonyl (C=O) groups excluding carboxylic acids is 1. The van der Waals surface area contributed by atoms with Gasteiger partial charge in [0.1, 0.15) is 0 Å². The second kappa shape index (κ2) is 7.48. The SMILES string of the molecule is COc1ccc(/C=C/C(=O)N2CC[C@]3(O)CCCC[C@@H]3C2)cc1OC. The van der Waals surface area contributed by atoms with Gasteiger partial charge in [0, 0.05) is 25.1 Å². The number of hydrogen-bond acceptors (Lipinski definition) is 4. The number of rotatable bonds is 4. The van der Waals surface area contributed by atoms with Crippen molar-refractivity contribution in [2.75, 3.05) is 27.3 Å². The van der Waals surface area contributed by atoms with E-state index in [2.05, 4.69) is 0 Å². The molecule has 2 atom stereocenters. The van der Waals surface area contributed by atoms with E-state index < -0.39 is 5.60 Å². The first kappa shape index (κ1) is 17.8. The summed E-state index contributed by atoms with van der Waals surface area (Å²) in [7, 11) is 3.19. The maximum absolute atomic E-state index is 12.5. The van der Waals surface area contributed by atoms with Gasteiger partial charge in [0.05, 0.1) is 19.8 Å². The maximum Gasteiger partial charge on any atom is 0.246 e. The zero-order valence-corrected chi connectivity index (χ0v) is 15.0. The summed E-state index contributed by atoms with van der Waals surface area (Å²) in [5.74, 6) is 1.52. The molecule has 0 bridgehead atoms. The minimum atomic E-state index is -0.553. The number of aliphatic hydroxyl groups is 1. The monoisotopic (exact) mass is 345 g/mol. The molecule has 3 rings (SSSR count). The fourth-order valence-electron chi connectivity index (χ4n) is 4.00. The molecule has 2 fully saturated rings. The molecule has 5 nitrogen and oxygen atoms in total. The third-order valence-corrected chi connectivity index (χ3v) is 5.57. The molecule has 2 aliphatic rings. The Bertz CT molecular complexity index is 657. The Balaban J connectivity index is 1.65. The van der Waals surface area contributed by atoms with Gasteiger partial charge in [-0.15, -0.1) is 0 Å². The number of hydrogen-bond donors (Lipinski definition) is 1. The fraction of sp³-hybridized carbons (Fsp3) is 0.550. The number of piperidine rings is 1. The Kier molecular flexibility index (Phi) is 5.33. The predicted molar refractivity (Wildman–Crippen MR) is 96.7 cm³/mol. The van der Waals surface area contributed by atoms with Crippen LogP contribution >= 0.6 is 0 Å². The van der Waals surface area contributed by atoms with Crippen molar-refractivity contribution in [1.82, 2.24) is 4.90 Å². The highest BCUT2D eigenvalue weighted by Gasteiger charge is 2.43. The van der Waals surface area contributed by atoms with E-state index in [-0.39, 0.29) is 11.8 Å². The Labute approximate surface area is 149 Å². The van der Waals surface area contributed by atoms with Crippen molar-refractivity contribution < 1.29 is 19.4 Å². The molecule has 1 saturated heterocycles. The average molecular weight is 345 g/mol. The number of carbonyl (C=O) groups is 1. The van der Waals surface area contributed by atoms with Crippen LogP contribution < -0.4 is 9.47 Å². The molecule has 0 aromatic heterocycles. The van der Waals surface area contributed by atoms with Gasteiger partial charge in [0.15, 0.2) is 11.5 Å². The van der Waals surface area contributed by atoms with Crippen LogP contribution in [0.4, 0.5) is 0 Å². The van der Waals surface area contributed by atoms with E-state index in [0.717, 1.165) is 31.2 Å². The summed E-state index contributed by atoms with van der Waals surface area (Å²) in [6.45, 7) is 1.29. The molecule has 1 aromatic carbocycles. The van der Waals surface area contributed by atoms with Gasteiger partial charge >= 0.3 is 0 Å². The number of fused-ring (bicyclic) bond motifs is 1. The first-order valence-electron chi connectivity index (χ1n) is 8.97. The van der Waals surface area contributed by atoms with Crippen LogP contribution in [0.2, 0.25) is 0 Å². The molecule has 0 radical (unpaired) electrons. The van der Waals surface area contributed by atoms with E-state index in [1.807, 2.05) is 23.1 Å². The number of amides is 1. The van der Waals surface area contributed by atoms with Crippen LogP contribution in [0, 0.1) is 5.92 Å². The first-order chi connectivity index (χ1) is 12.1. The van der Waals surface area contributed by atoms with Crippen molar-refractivity contribution in [3.63, 3.8) is 0 Å². The van der Waals surface area contributed by atoms with Crippen molar-refractivity contribution in [1.29, 1.82) is 0 Å². The number of likely N-dealkylation sites (tertiary alicyclic amines) is 1. The third-order valence-electron chi connectivity index (χ3n) is 5.57. The van der Waals surface area contributed by atoms with E-state index in [1.165, 1.54) is 0 Å². The van der Waals surface area contributed by atoms with Crippen LogP contribution in [0.5, 0.6) is 11.5 Å². The van der Waals surface area contributed by atoms with Gasteiger partial charge in [0.2, 0.25) is 5.91 Å². The van der Waals surface area contributed by atoms with Gasteiger partial charge in [-0.25, -0.2) is 0 Å². The summed E-state index contributed by atoms with van der Waals surface area (Å²) in [4.78, 5) is 14.4. The highest BCUT2D eigenvalue weighted by molar-refractivity contribution is 5.92. The van der Waals surface area contributed by atoms with Crippen molar-refractivity contribution >= 4 is 12.0 Å². The lowest BCUT2D eigenvalue weighted by Gasteiger charge is -2.47. The summed E-state index contributed by atoms with van der Waals surface area (Å²) in [6, 6.07) is 5.56. The lowest BCUT2D eigenvalue weighted by molar-refractivity contribution is -0.138. The van der Waals surface area contributed by atoms with E-state index in [4.69, 9.17) is 9.47 Å². The third kappa shape index (κ3) is 3.82. The van der Waals surface area contributed by atoms with E-state index >= 15 is 0 Å². The molecule has 0 unspecified atom stereocenters. The predicted octanol–water partition coefficient (Wildman–Crippen LogP) is 2.87. The Morgan fingerprint density at radius 1 is 1.24 bits per heavy atom. The molecule has 136 valence electrons. The number of benzene rings is 1. The number of nitrogens with zero attached hydrogens (tertiary/aromatic N) is 1. The standard InChI is InChI=1S/C20H27NO4/c1-24-17-8-6-15(13-18(17)25-2)7-9-19(22)21-12-11-20(23)10-4-3-5-16(20)14-21/h6-9,13,16,23H,3-5,10-12,14H2,1-2H3/b9-7+/t16-,20-/m1/s1. The molecule has 1 amide bonds. The number of ether oxygens (including phenoxy) is 2. The highest BCUT2D eigenvalue weighted by atomic mass is 16.5. The normalized spacial score (nSPS) is 26.4. The van der Waals surface area contributed by atoms with Crippen molar-refractivity contribution in [2.45, 2.75) is 37.7 Å². The zero-order chi connectivity index (χ0) is 17.9. The fourth-order valence-corrected chi connectivity index (χ4v) is 4.00. The molecule has 1 aromatic rings. The van der Waals surface area contributed by atoms with Gasteiger partial charge in [-0.2, -0.15) is 0 Å². The van der Waals surface area contributed by atoms with E-state index in [0.29, 0.717) is 31.0 Å². The Morgan fingerprint density at radius 2 is 2.04 bits per heavy atom. The van der Waals surface area contributed by atoms with Crippen molar-refractivity contribution in [2.24, 2.45) is 5.92 Å². The topological polar surface area (TPSA) is 59.0 Å². The quantitative estimate of drug-likeness (QED) is 0.853. The van der Waals surface area contributed by atoms with Crippen LogP contribution in [-0.4, -0.2) is 48.8 Å². The second-order valence-corrected chi connectivity index (χ2v) is 7.03. The summed E-state index contributed by atoms with van der Waals surface area (Å²) < 4.78 is 10.5. The maximum atomic E-state index is 12.5. The average Bonchev–Trinajstić information content (AvgIpc) is 2.65. The van der Waals surface area contributed by atoms with E-state index in [9.17, 15) is 9.90 Å². The highest BCUT2D eigenvalue weighted by Crippen LogP contribution is 2.39. The van der Waals surface area contributed by atoms with Gasteiger partial charge in [-0.3, -0.25) is 4.79 Å². The molecule has 0 spiro atoms. The summed E-state index contributed by atoms with van der Waals surface area (Å²) in [6.07, 6.45) is 8.23. The molecule has 5 heteroatoms. The van der Waals surface area contributed by atoms with Crippen LogP contribution in [0.15, 0.2) is 24.3 Å². The molecule has 25 heavy (non-hydrogen) atoms. The molecule has 1 heterocycles. The smallest absolute Gasteiger partial charge is 0.246 e. The molecule has 1 saturated carbocycles. The van der Waals surface area contributed by atoms with Gasteiger partial charge in [0.25, 0.3) is 0 Å². The van der Waals surface area contributed by atoms with Crippen LogP contribution in [-0.2, 0) is 4.79 Å².